The minimum Gasteiger partial charge on any atom is -0.395 e. The average molecular weight is 171 g/mol. The first-order valence-corrected chi connectivity index (χ1v) is 4.71. The van der Waals surface area contributed by atoms with Crippen LogP contribution in [-0.2, 0) is 4.74 Å². The number of aliphatic hydroxyl groups excluding tert-OH is 1. The molecule has 0 aromatic carbocycles. The van der Waals surface area contributed by atoms with Crippen molar-refractivity contribution < 1.29 is 9.84 Å². The van der Waals surface area contributed by atoms with Crippen LogP contribution in [0.3, 0.4) is 0 Å². The number of hydrogen-bond acceptors (Lipinski definition) is 3. The Bertz CT molecular complexity index is 147. The Labute approximate surface area is 73.3 Å². The van der Waals surface area contributed by atoms with E-state index in [0.29, 0.717) is 6.10 Å². The maximum atomic E-state index is 8.77. The van der Waals surface area contributed by atoms with Gasteiger partial charge in [-0.3, -0.25) is 0 Å². The fourth-order valence-electron chi connectivity index (χ4n) is 2.65. The second kappa shape index (κ2) is 3.32. The molecule has 2 saturated heterocycles. The van der Waals surface area contributed by atoms with Gasteiger partial charge in [0, 0.05) is 26.7 Å². The number of rotatable bonds is 3. The van der Waals surface area contributed by atoms with Crippen LogP contribution in [0.2, 0.25) is 0 Å². The molecule has 3 fully saturated rings. The molecule has 0 aromatic heterocycles. The van der Waals surface area contributed by atoms with Crippen molar-refractivity contribution in [2.24, 2.45) is 11.8 Å². The summed E-state index contributed by atoms with van der Waals surface area (Å²) >= 11 is 0. The van der Waals surface area contributed by atoms with Gasteiger partial charge in [-0.1, -0.05) is 0 Å². The zero-order chi connectivity index (χ0) is 8.55. The van der Waals surface area contributed by atoms with E-state index < -0.39 is 0 Å². The van der Waals surface area contributed by atoms with Gasteiger partial charge in [-0.2, -0.15) is 0 Å². The summed E-state index contributed by atoms with van der Waals surface area (Å²) in [5, 5.41) is 8.77. The number of nitrogens with zero attached hydrogens (tertiary/aromatic N) is 1. The van der Waals surface area contributed by atoms with Gasteiger partial charge in [-0.15, -0.1) is 0 Å². The first-order chi connectivity index (χ1) is 5.85. The summed E-state index contributed by atoms with van der Waals surface area (Å²) in [6, 6.07) is 0. The van der Waals surface area contributed by atoms with Crippen molar-refractivity contribution in [1.29, 1.82) is 0 Å². The van der Waals surface area contributed by atoms with Crippen LogP contribution < -0.4 is 0 Å². The van der Waals surface area contributed by atoms with Gasteiger partial charge in [0.05, 0.1) is 12.7 Å². The van der Waals surface area contributed by atoms with E-state index in [-0.39, 0.29) is 6.61 Å². The molecular weight excluding hydrogens is 154 g/mol. The van der Waals surface area contributed by atoms with Gasteiger partial charge >= 0.3 is 0 Å². The maximum absolute atomic E-state index is 8.77. The van der Waals surface area contributed by atoms with Crippen LogP contribution in [0, 0.1) is 11.8 Å². The molecule has 2 aliphatic heterocycles. The highest BCUT2D eigenvalue weighted by molar-refractivity contribution is 4.97. The number of hydrogen-bond donors (Lipinski definition) is 1. The molecule has 0 aromatic rings. The van der Waals surface area contributed by atoms with Crippen LogP contribution in [-0.4, -0.2) is 49.5 Å². The molecule has 2 heterocycles. The number of ether oxygens (including phenoxy) is 1. The van der Waals surface area contributed by atoms with E-state index in [1.807, 2.05) is 7.11 Å². The summed E-state index contributed by atoms with van der Waals surface area (Å²) in [5.41, 5.74) is 0. The standard InChI is InChI=1S/C9H17NO2/c1-12-9-7-4-8(9)6-10(5-7)2-3-11/h7-9,11H,2-6H2,1H3. The summed E-state index contributed by atoms with van der Waals surface area (Å²) in [7, 11) is 1.81. The highest BCUT2D eigenvalue weighted by atomic mass is 16.5. The Morgan fingerprint density at radius 1 is 1.42 bits per heavy atom. The van der Waals surface area contributed by atoms with Crippen LogP contribution in [0.5, 0.6) is 0 Å². The first-order valence-electron chi connectivity index (χ1n) is 4.71. The predicted octanol–water partition coefficient (Wildman–Crippen LogP) is -0.0546. The molecule has 2 unspecified atom stereocenters. The molecule has 1 aliphatic carbocycles. The van der Waals surface area contributed by atoms with Crippen LogP contribution in [0.25, 0.3) is 0 Å². The largest absolute Gasteiger partial charge is 0.395 e. The van der Waals surface area contributed by atoms with Gasteiger partial charge in [-0.25, -0.2) is 0 Å². The molecule has 0 radical (unpaired) electrons. The number of methoxy groups -OCH3 is 1. The van der Waals surface area contributed by atoms with Gasteiger partial charge < -0.3 is 14.7 Å². The fourth-order valence-corrected chi connectivity index (χ4v) is 2.65. The lowest BCUT2D eigenvalue weighted by atomic mass is 9.68. The highest BCUT2D eigenvalue weighted by Gasteiger charge is 2.46. The Kier molecular flexibility index (Phi) is 2.35. The smallest absolute Gasteiger partial charge is 0.0652 e. The molecule has 1 saturated carbocycles. The van der Waals surface area contributed by atoms with Crippen molar-refractivity contribution in [3.63, 3.8) is 0 Å². The van der Waals surface area contributed by atoms with Crippen molar-refractivity contribution in [3.8, 4) is 0 Å². The zero-order valence-electron chi connectivity index (χ0n) is 7.57. The van der Waals surface area contributed by atoms with Crippen molar-refractivity contribution >= 4 is 0 Å². The average Bonchev–Trinajstić information content (AvgIpc) is 2.05. The maximum Gasteiger partial charge on any atom is 0.0652 e. The lowest BCUT2D eigenvalue weighted by Crippen LogP contribution is -2.59. The summed E-state index contributed by atoms with van der Waals surface area (Å²) in [6.07, 6.45) is 1.85. The molecule has 2 atom stereocenters. The molecule has 0 spiro atoms. The Balaban J connectivity index is 1.84. The highest BCUT2D eigenvalue weighted by Crippen LogP contribution is 2.41. The molecule has 3 aliphatic rings. The van der Waals surface area contributed by atoms with Gasteiger partial charge in [0.15, 0.2) is 0 Å². The lowest BCUT2D eigenvalue weighted by Gasteiger charge is -2.52. The minimum atomic E-state index is 0.289. The van der Waals surface area contributed by atoms with Crippen molar-refractivity contribution in [2.75, 3.05) is 33.4 Å². The third-order valence-electron chi connectivity index (χ3n) is 3.21. The normalized spacial score (nSPS) is 41.0. The molecule has 0 amide bonds. The predicted molar refractivity (Wildman–Crippen MR) is 45.9 cm³/mol. The Morgan fingerprint density at radius 2 is 2.08 bits per heavy atom. The molecule has 3 heteroatoms. The third kappa shape index (κ3) is 1.26. The Hall–Kier alpha value is -0.120. The first kappa shape index (κ1) is 8.48. The van der Waals surface area contributed by atoms with E-state index in [1.165, 1.54) is 6.42 Å². The topological polar surface area (TPSA) is 32.7 Å². The van der Waals surface area contributed by atoms with Gasteiger partial charge in [0.2, 0.25) is 0 Å². The van der Waals surface area contributed by atoms with E-state index in [0.717, 1.165) is 31.5 Å². The third-order valence-corrected chi connectivity index (χ3v) is 3.21. The fraction of sp³-hybridized carbons (Fsp3) is 1.00. The van der Waals surface area contributed by atoms with E-state index in [2.05, 4.69) is 4.90 Å². The lowest BCUT2D eigenvalue weighted by molar-refractivity contribution is -0.128. The van der Waals surface area contributed by atoms with Crippen LogP contribution in [0.1, 0.15) is 6.42 Å². The van der Waals surface area contributed by atoms with Gasteiger partial charge in [0.25, 0.3) is 0 Å². The van der Waals surface area contributed by atoms with E-state index in [9.17, 15) is 0 Å². The second-order valence-electron chi connectivity index (χ2n) is 3.94. The van der Waals surface area contributed by atoms with E-state index in [4.69, 9.17) is 9.84 Å². The van der Waals surface area contributed by atoms with Crippen LogP contribution in [0.4, 0.5) is 0 Å². The monoisotopic (exact) mass is 171 g/mol. The van der Waals surface area contributed by atoms with E-state index in [1.54, 1.807) is 0 Å². The summed E-state index contributed by atoms with van der Waals surface area (Å²) in [5.74, 6) is 1.47. The molecule has 2 bridgehead atoms. The molecule has 3 nitrogen and oxygen atoms in total. The summed E-state index contributed by atoms with van der Waals surface area (Å²) < 4.78 is 5.39. The SMILES string of the molecule is COC1C2CC1CN(CCO)C2. The Morgan fingerprint density at radius 3 is 2.58 bits per heavy atom. The van der Waals surface area contributed by atoms with Gasteiger partial charge in [0.1, 0.15) is 0 Å². The van der Waals surface area contributed by atoms with Crippen molar-refractivity contribution in [3.05, 3.63) is 0 Å². The molecular formula is C9H17NO2. The zero-order valence-corrected chi connectivity index (χ0v) is 7.57. The molecule has 1 N–H and O–H groups in total. The number of fused-ring (bicyclic) bond motifs is 2. The van der Waals surface area contributed by atoms with Crippen LogP contribution >= 0.6 is 0 Å². The molecule has 3 rings (SSSR count). The minimum absolute atomic E-state index is 0.289. The quantitative estimate of drug-likeness (QED) is 0.646. The van der Waals surface area contributed by atoms with Gasteiger partial charge in [-0.05, 0) is 18.3 Å². The summed E-state index contributed by atoms with van der Waals surface area (Å²) in [4.78, 5) is 2.34. The summed E-state index contributed by atoms with van der Waals surface area (Å²) in [6.45, 7) is 3.37. The molecule has 12 heavy (non-hydrogen) atoms. The van der Waals surface area contributed by atoms with Crippen LogP contribution in [0.15, 0.2) is 0 Å². The van der Waals surface area contributed by atoms with E-state index >= 15 is 0 Å². The van der Waals surface area contributed by atoms with Crippen molar-refractivity contribution in [1.82, 2.24) is 4.90 Å². The molecule has 70 valence electrons. The number of piperidine rings is 2. The van der Waals surface area contributed by atoms with Crippen molar-refractivity contribution in [2.45, 2.75) is 12.5 Å². The number of aliphatic hydroxyl groups is 1. The second-order valence-corrected chi connectivity index (χ2v) is 3.94.